The van der Waals surface area contributed by atoms with Gasteiger partial charge in [0.1, 0.15) is 6.61 Å². The normalized spacial score (nSPS) is 11.1. The van der Waals surface area contributed by atoms with Gasteiger partial charge in [-0.05, 0) is 79.9 Å². The molecule has 0 radical (unpaired) electrons. The second-order valence-electron chi connectivity index (χ2n) is 4.15. The van der Waals surface area contributed by atoms with Gasteiger partial charge in [-0.1, -0.05) is 0 Å². The maximum Gasteiger partial charge on any atom is 0.311 e. The van der Waals surface area contributed by atoms with Crippen molar-refractivity contribution in [3.8, 4) is 5.75 Å². The zero-order valence-corrected chi connectivity index (χ0v) is 18.7. The third-order valence-electron chi connectivity index (χ3n) is 2.31. The first-order valence-electron chi connectivity index (χ1n) is 6.03. The Labute approximate surface area is 174 Å². The van der Waals surface area contributed by atoms with Gasteiger partial charge >= 0.3 is 11.9 Å². The van der Waals surface area contributed by atoms with E-state index in [0.717, 1.165) is 10.7 Å². The minimum Gasteiger partial charge on any atom is -0.748 e. The number of esters is 2. The highest BCUT2D eigenvalue weighted by molar-refractivity contribution is 14.1. The Balaban J connectivity index is 2.45. The van der Waals surface area contributed by atoms with Crippen LogP contribution >= 0.6 is 67.8 Å². The van der Waals surface area contributed by atoms with Gasteiger partial charge in [0.05, 0.1) is 35.9 Å². The van der Waals surface area contributed by atoms with Gasteiger partial charge < -0.3 is 14.0 Å². The van der Waals surface area contributed by atoms with Gasteiger partial charge in [-0.25, -0.2) is 8.42 Å². The molecule has 0 aromatic heterocycles. The zero-order chi connectivity index (χ0) is 17.6. The number of benzene rings is 1. The third kappa shape index (κ3) is 8.78. The minimum absolute atomic E-state index is 0.207. The molecule has 1 aromatic carbocycles. The number of halogens is 3. The number of ether oxygens (including phenoxy) is 2. The molecule has 128 valence electrons. The Kier molecular flexibility index (Phi) is 8.95. The molecule has 0 aliphatic carbocycles. The first kappa shape index (κ1) is 21.3. The van der Waals surface area contributed by atoms with E-state index in [4.69, 9.17) is 4.74 Å². The number of hydrogen-bond acceptors (Lipinski definition) is 7. The van der Waals surface area contributed by atoms with Crippen LogP contribution in [0.2, 0.25) is 0 Å². The van der Waals surface area contributed by atoms with Crippen LogP contribution < -0.4 is 4.74 Å². The first-order chi connectivity index (χ1) is 10.6. The minimum atomic E-state index is -4.43. The van der Waals surface area contributed by atoms with Gasteiger partial charge in [0.15, 0.2) is 5.75 Å². The third-order valence-corrected chi connectivity index (χ3v) is 5.20. The molecule has 0 saturated heterocycles. The summed E-state index contributed by atoms with van der Waals surface area (Å²) in [5, 5.41) is 0. The lowest BCUT2D eigenvalue weighted by molar-refractivity contribution is -0.146. The first-order valence-corrected chi connectivity index (χ1v) is 10.8. The summed E-state index contributed by atoms with van der Waals surface area (Å²) in [6, 6.07) is 3.70. The molecule has 11 heteroatoms. The van der Waals surface area contributed by atoms with Crippen LogP contribution in [0.25, 0.3) is 0 Å². The Bertz CT molecular complexity index is 680. The zero-order valence-electron chi connectivity index (χ0n) is 11.4. The lowest BCUT2D eigenvalue weighted by Crippen LogP contribution is -2.17. The topological polar surface area (TPSA) is 110 Å². The Hall–Kier alpha value is 0.260. The van der Waals surface area contributed by atoms with Crippen molar-refractivity contribution in [1.29, 1.82) is 0 Å². The quantitative estimate of drug-likeness (QED) is 0.189. The van der Waals surface area contributed by atoms with Crippen molar-refractivity contribution in [2.24, 2.45) is 0 Å². The summed E-state index contributed by atoms with van der Waals surface area (Å²) in [6.45, 7) is -0.521. The van der Waals surface area contributed by atoms with Gasteiger partial charge in [-0.3, -0.25) is 9.59 Å². The molecule has 0 heterocycles. The summed E-state index contributed by atoms with van der Waals surface area (Å²) in [6.07, 6.45) is -0.462. The van der Waals surface area contributed by atoms with Crippen LogP contribution in [0.15, 0.2) is 12.1 Å². The average molecular weight is 679 g/mol. The molecular formula is C12H10I3O7S-. The van der Waals surface area contributed by atoms with Crippen LogP contribution in [0.5, 0.6) is 5.75 Å². The number of hydrogen-bond donors (Lipinski definition) is 0. The van der Waals surface area contributed by atoms with Gasteiger partial charge in [0.2, 0.25) is 0 Å². The largest absolute Gasteiger partial charge is 0.748 e. The van der Waals surface area contributed by atoms with Crippen LogP contribution in [0, 0.1) is 10.7 Å². The lowest BCUT2D eigenvalue weighted by atomic mass is 10.3. The highest BCUT2D eigenvalue weighted by Crippen LogP contribution is 2.29. The molecule has 0 bridgehead atoms. The van der Waals surface area contributed by atoms with Gasteiger partial charge in [-0.15, -0.1) is 0 Å². The summed E-state index contributed by atoms with van der Waals surface area (Å²) in [5.74, 6) is -1.72. The van der Waals surface area contributed by atoms with Crippen molar-refractivity contribution >= 4 is 89.8 Å². The SMILES string of the molecule is O=C(CCC(=O)Oc1c(I)cc(I)cc1I)OCCS(=O)(=O)[O-]. The molecule has 0 aliphatic heterocycles. The van der Waals surface area contributed by atoms with E-state index in [0.29, 0.717) is 5.75 Å². The monoisotopic (exact) mass is 679 g/mol. The fraction of sp³-hybridized carbons (Fsp3) is 0.333. The summed E-state index contributed by atoms with van der Waals surface area (Å²) >= 11 is 6.24. The number of rotatable bonds is 7. The molecule has 0 aliphatic rings. The molecule has 0 amide bonds. The van der Waals surface area contributed by atoms with Crippen LogP contribution in [-0.4, -0.2) is 37.3 Å². The lowest BCUT2D eigenvalue weighted by Gasteiger charge is -2.10. The van der Waals surface area contributed by atoms with Crippen molar-refractivity contribution in [2.75, 3.05) is 12.4 Å². The second kappa shape index (κ2) is 9.67. The predicted octanol–water partition coefficient (Wildman–Crippen LogP) is 2.27. The smallest absolute Gasteiger partial charge is 0.311 e. The highest BCUT2D eigenvalue weighted by Gasteiger charge is 2.15. The van der Waals surface area contributed by atoms with Crippen LogP contribution in [-0.2, 0) is 24.4 Å². The van der Waals surface area contributed by atoms with E-state index < -0.39 is 34.4 Å². The molecule has 0 atom stereocenters. The Morgan fingerprint density at radius 2 is 1.57 bits per heavy atom. The second-order valence-corrected chi connectivity index (χ2v) is 9.25. The average Bonchev–Trinajstić information content (AvgIpc) is 2.39. The van der Waals surface area contributed by atoms with Crippen LogP contribution in [0.3, 0.4) is 0 Å². The molecular weight excluding hydrogens is 669 g/mol. The summed E-state index contributed by atoms with van der Waals surface area (Å²) in [7, 11) is -4.43. The van der Waals surface area contributed by atoms with Crippen molar-refractivity contribution in [2.45, 2.75) is 12.8 Å². The molecule has 7 nitrogen and oxygen atoms in total. The maximum atomic E-state index is 11.8. The van der Waals surface area contributed by atoms with E-state index in [-0.39, 0.29) is 12.8 Å². The van der Waals surface area contributed by atoms with E-state index in [1.807, 2.05) is 57.3 Å². The summed E-state index contributed by atoms with van der Waals surface area (Å²) in [5.41, 5.74) is 0. The van der Waals surface area contributed by atoms with Gasteiger partial charge in [-0.2, -0.15) is 0 Å². The molecule has 0 spiro atoms. The number of carbonyl (C=O) groups excluding carboxylic acids is 2. The van der Waals surface area contributed by atoms with E-state index in [1.54, 1.807) is 0 Å². The molecule has 0 fully saturated rings. The van der Waals surface area contributed by atoms with Crippen molar-refractivity contribution in [3.63, 3.8) is 0 Å². The van der Waals surface area contributed by atoms with E-state index >= 15 is 0 Å². The standard InChI is InChI=1S/C12H11I3O7S/c13-7-5-8(14)12(9(15)6-7)22-11(17)2-1-10(16)21-3-4-23(18,19)20/h5-6H,1-4H2,(H,18,19,20)/p-1. The van der Waals surface area contributed by atoms with Crippen LogP contribution in [0.1, 0.15) is 12.8 Å². The molecule has 1 aromatic rings. The molecule has 0 saturated carbocycles. The van der Waals surface area contributed by atoms with Crippen LogP contribution in [0.4, 0.5) is 0 Å². The van der Waals surface area contributed by atoms with E-state index in [1.165, 1.54) is 0 Å². The summed E-state index contributed by atoms with van der Waals surface area (Å²) in [4.78, 5) is 23.1. The fourth-order valence-corrected chi connectivity index (χ4v) is 5.42. The number of carbonyl (C=O) groups is 2. The predicted molar refractivity (Wildman–Crippen MR) is 105 cm³/mol. The molecule has 23 heavy (non-hydrogen) atoms. The van der Waals surface area contributed by atoms with Crippen molar-refractivity contribution in [3.05, 3.63) is 22.8 Å². The fourth-order valence-electron chi connectivity index (χ4n) is 1.33. The van der Waals surface area contributed by atoms with E-state index in [9.17, 15) is 22.6 Å². The van der Waals surface area contributed by atoms with Gasteiger partial charge in [0, 0.05) is 3.57 Å². The van der Waals surface area contributed by atoms with Gasteiger partial charge in [0.25, 0.3) is 0 Å². The molecule has 0 unspecified atom stereocenters. The molecule has 1 rings (SSSR count). The Morgan fingerprint density at radius 1 is 1.04 bits per heavy atom. The van der Waals surface area contributed by atoms with E-state index in [2.05, 4.69) is 27.3 Å². The molecule has 0 N–H and O–H groups in total. The summed E-state index contributed by atoms with van der Waals surface area (Å²) < 4.78 is 43.4. The Morgan fingerprint density at radius 3 is 2.09 bits per heavy atom. The van der Waals surface area contributed by atoms with Crippen molar-refractivity contribution < 1.29 is 32.0 Å². The highest BCUT2D eigenvalue weighted by atomic mass is 127. The van der Waals surface area contributed by atoms with Crippen molar-refractivity contribution in [1.82, 2.24) is 0 Å². The maximum absolute atomic E-state index is 11.8.